The summed E-state index contributed by atoms with van der Waals surface area (Å²) < 4.78 is 0. The Labute approximate surface area is 41.9 Å². The smallest absolute Gasteiger partial charge is 0.103 e. The first kappa shape index (κ1) is 4.46. The topological polar surface area (TPSA) is 50.7 Å². The number of azo groups is 1. The summed E-state index contributed by atoms with van der Waals surface area (Å²) in [5, 5.41) is 7.34. The molecule has 1 aliphatic rings. The van der Waals surface area contributed by atoms with E-state index >= 15 is 0 Å². The number of nitrogens with zero attached hydrogens (tertiary/aromatic N) is 2. The molecule has 0 saturated heterocycles. The average molecular weight is 97.1 g/mol. The first-order valence-electron chi connectivity index (χ1n) is 2.20. The first-order valence-corrected chi connectivity index (χ1v) is 2.20. The van der Waals surface area contributed by atoms with Gasteiger partial charge in [0, 0.05) is 12.7 Å². The lowest BCUT2D eigenvalue weighted by atomic mass is 10.3. The van der Waals surface area contributed by atoms with E-state index in [1.165, 1.54) is 0 Å². The molecule has 7 heavy (non-hydrogen) atoms. The van der Waals surface area contributed by atoms with Gasteiger partial charge in [-0.25, -0.2) is 0 Å². The van der Waals surface area contributed by atoms with Crippen LogP contribution >= 0.6 is 0 Å². The van der Waals surface area contributed by atoms with Crippen LogP contribution < -0.4 is 5.73 Å². The van der Waals surface area contributed by atoms with Gasteiger partial charge >= 0.3 is 0 Å². The fourth-order valence-corrected chi connectivity index (χ4v) is 0.426. The van der Waals surface area contributed by atoms with Gasteiger partial charge in [0.25, 0.3) is 0 Å². The van der Waals surface area contributed by atoms with Crippen molar-refractivity contribution in [2.75, 3.05) is 6.54 Å². The van der Waals surface area contributed by atoms with Crippen LogP contribution in [0, 0.1) is 0 Å². The van der Waals surface area contributed by atoms with Crippen LogP contribution in [0.5, 0.6) is 0 Å². The zero-order chi connectivity index (χ0) is 5.11. The summed E-state index contributed by atoms with van der Waals surface area (Å²) >= 11 is 0. The zero-order valence-corrected chi connectivity index (χ0v) is 3.91. The Morgan fingerprint density at radius 1 is 1.71 bits per heavy atom. The molecule has 0 radical (unpaired) electrons. The molecule has 3 heteroatoms. The van der Waals surface area contributed by atoms with Crippen LogP contribution in [0.1, 0.15) is 0 Å². The summed E-state index contributed by atoms with van der Waals surface area (Å²) in [7, 11) is 0. The molecule has 0 saturated carbocycles. The van der Waals surface area contributed by atoms with Crippen LogP contribution in [0.3, 0.4) is 0 Å². The molecule has 0 aromatic heterocycles. The third-order valence-corrected chi connectivity index (χ3v) is 0.831. The molecule has 0 aromatic carbocycles. The van der Waals surface area contributed by atoms with Crippen molar-refractivity contribution in [2.24, 2.45) is 16.0 Å². The fourth-order valence-electron chi connectivity index (χ4n) is 0.426. The van der Waals surface area contributed by atoms with Gasteiger partial charge in [0.2, 0.25) is 0 Å². The van der Waals surface area contributed by atoms with Gasteiger partial charge < -0.3 is 5.73 Å². The summed E-state index contributed by atoms with van der Waals surface area (Å²) in [5.74, 6) is 0. The Hall–Kier alpha value is -0.700. The lowest BCUT2D eigenvalue weighted by molar-refractivity contribution is 0.806. The number of hydrogen-bond acceptors (Lipinski definition) is 3. The molecule has 0 bridgehead atoms. The van der Waals surface area contributed by atoms with Gasteiger partial charge in [0.05, 0.1) is 0 Å². The molecule has 0 unspecified atom stereocenters. The predicted octanol–water partition coefficient (Wildman–Crippen LogP) is 0.293. The highest BCUT2D eigenvalue weighted by atomic mass is 15.1. The van der Waals surface area contributed by atoms with E-state index in [1.54, 1.807) is 6.20 Å². The first-order chi connectivity index (χ1) is 3.43. The predicted molar refractivity (Wildman–Crippen MR) is 26.8 cm³/mol. The van der Waals surface area contributed by atoms with Crippen LogP contribution in [0.2, 0.25) is 0 Å². The molecule has 0 fully saturated rings. The van der Waals surface area contributed by atoms with Crippen LogP contribution in [0.4, 0.5) is 0 Å². The molecular formula is C4H7N3. The van der Waals surface area contributed by atoms with Crippen molar-refractivity contribution in [3.05, 3.63) is 12.3 Å². The summed E-state index contributed by atoms with van der Waals surface area (Å²) in [6, 6.07) is 0.153. The number of nitrogens with two attached hydrogens (primary N) is 1. The van der Waals surface area contributed by atoms with Crippen molar-refractivity contribution in [2.45, 2.75) is 6.04 Å². The van der Waals surface area contributed by atoms with Gasteiger partial charge in [-0.15, -0.1) is 0 Å². The molecule has 0 spiro atoms. The Kier molecular flexibility index (Phi) is 1.17. The quantitative estimate of drug-likeness (QED) is 0.502. The molecule has 2 N–H and O–H groups in total. The highest BCUT2D eigenvalue weighted by molar-refractivity contribution is 4.96. The van der Waals surface area contributed by atoms with Crippen molar-refractivity contribution in [3.8, 4) is 0 Å². The summed E-state index contributed by atoms with van der Waals surface area (Å²) in [5.41, 5.74) is 5.23. The van der Waals surface area contributed by atoms with Crippen LogP contribution in [0.25, 0.3) is 0 Å². The van der Waals surface area contributed by atoms with Crippen molar-refractivity contribution in [1.29, 1.82) is 0 Å². The van der Waals surface area contributed by atoms with Crippen LogP contribution in [-0.2, 0) is 0 Å². The highest BCUT2D eigenvalue weighted by Crippen LogP contribution is 1.99. The van der Waals surface area contributed by atoms with E-state index in [1.807, 2.05) is 6.08 Å². The summed E-state index contributed by atoms with van der Waals surface area (Å²) in [4.78, 5) is 0. The van der Waals surface area contributed by atoms with E-state index in [2.05, 4.69) is 10.2 Å². The van der Waals surface area contributed by atoms with Crippen LogP contribution in [-0.4, -0.2) is 12.6 Å². The van der Waals surface area contributed by atoms with Gasteiger partial charge in [-0.05, 0) is 6.08 Å². The third kappa shape index (κ3) is 0.838. The maximum atomic E-state index is 5.23. The highest BCUT2D eigenvalue weighted by Gasteiger charge is 1.99. The lowest BCUT2D eigenvalue weighted by Crippen LogP contribution is -2.12. The second-order valence-corrected chi connectivity index (χ2v) is 1.38. The minimum absolute atomic E-state index is 0.153. The Balaban J connectivity index is 2.44. The van der Waals surface area contributed by atoms with Gasteiger partial charge in [-0.3, -0.25) is 0 Å². The van der Waals surface area contributed by atoms with Crippen LogP contribution in [0.15, 0.2) is 22.5 Å². The number of hydrogen-bond donors (Lipinski definition) is 1. The molecular weight excluding hydrogens is 90.1 g/mol. The van der Waals surface area contributed by atoms with Crippen molar-refractivity contribution in [3.63, 3.8) is 0 Å². The van der Waals surface area contributed by atoms with Crippen molar-refractivity contribution < 1.29 is 0 Å². The lowest BCUT2D eigenvalue weighted by Gasteiger charge is -1.91. The number of rotatable bonds is 1. The third-order valence-electron chi connectivity index (χ3n) is 0.831. The fraction of sp³-hybridized carbons (Fsp3) is 0.500. The molecule has 1 rings (SSSR count). The van der Waals surface area contributed by atoms with E-state index in [9.17, 15) is 0 Å². The average Bonchev–Trinajstić information content (AvgIpc) is 2.14. The van der Waals surface area contributed by atoms with Gasteiger partial charge in [0.15, 0.2) is 0 Å². The minimum atomic E-state index is 0.153. The van der Waals surface area contributed by atoms with E-state index in [-0.39, 0.29) is 6.04 Å². The maximum Gasteiger partial charge on any atom is 0.103 e. The zero-order valence-electron chi connectivity index (χ0n) is 3.91. The minimum Gasteiger partial charge on any atom is -0.328 e. The monoisotopic (exact) mass is 97.1 g/mol. The van der Waals surface area contributed by atoms with E-state index < -0.39 is 0 Å². The molecule has 0 aliphatic carbocycles. The standard InChI is InChI=1S/C4H7N3/c5-3-4-1-2-6-7-4/h1-2,4H,3,5H2/t4-/m0/s1. The van der Waals surface area contributed by atoms with Crippen molar-refractivity contribution in [1.82, 2.24) is 0 Å². The Bertz CT molecular complexity index is 93.5. The van der Waals surface area contributed by atoms with Gasteiger partial charge in [-0.2, -0.15) is 10.2 Å². The molecule has 3 nitrogen and oxygen atoms in total. The van der Waals surface area contributed by atoms with Crippen molar-refractivity contribution >= 4 is 0 Å². The summed E-state index contributed by atoms with van der Waals surface area (Å²) in [6.45, 7) is 0.569. The Morgan fingerprint density at radius 2 is 2.57 bits per heavy atom. The Morgan fingerprint density at radius 3 is 2.86 bits per heavy atom. The molecule has 38 valence electrons. The molecule has 0 amide bonds. The SMILES string of the molecule is NC[C@@H]1C=CN=N1. The van der Waals surface area contributed by atoms with Gasteiger partial charge in [-0.1, -0.05) is 0 Å². The summed E-state index contributed by atoms with van der Waals surface area (Å²) in [6.07, 6.45) is 3.54. The van der Waals surface area contributed by atoms with E-state index in [0.29, 0.717) is 6.54 Å². The molecule has 1 heterocycles. The second kappa shape index (κ2) is 1.84. The van der Waals surface area contributed by atoms with E-state index in [0.717, 1.165) is 0 Å². The molecule has 0 aromatic rings. The largest absolute Gasteiger partial charge is 0.328 e. The van der Waals surface area contributed by atoms with E-state index in [4.69, 9.17) is 5.73 Å². The van der Waals surface area contributed by atoms with Gasteiger partial charge in [0.1, 0.15) is 6.04 Å². The molecule has 1 aliphatic heterocycles. The second-order valence-electron chi connectivity index (χ2n) is 1.38. The maximum absolute atomic E-state index is 5.23. The molecule has 1 atom stereocenters. The normalized spacial score (nSPS) is 26.7.